The molecule has 1 aliphatic rings. The number of aryl methyl sites for hydroxylation is 1. The van der Waals surface area contributed by atoms with E-state index in [1.807, 2.05) is 24.3 Å². The zero-order valence-corrected chi connectivity index (χ0v) is 18.6. The maximum absolute atomic E-state index is 12.7. The Bertz CT molecular complexity index is 972. The summed E-state index contributed by atoms with van der Waals surface area (Å²) in [4.78, 5) is 38.8. The minimum Gasteiger partial charge on any atom is -0.497 e. The van der Waals surface area contributed by atoms with E-state index < -0.39 is 6.04 Å². The maximum atomic E-state index is 12.7. The summed E-state index contributed by atoms with van der Waals surface area (Å²) in [7, 11) is 1.59. The smallest absolute Gasteiger partial charge is 0.287 e. The number of furan rings is 1. The van der Waals surface area contributed by atoms with Crippen LogP contribution in [0.1, 0.15) is 41.6 Å². The number of nitrogens with zero attached hydrogens (tertiary/aromatic N) is 1. The summed E-state index contributed by atoms with van der Waals surface area (Å²) < 4.78 is 10.5. The number of nitrogens with one attached hydrogen (secondary N) is 2. The molecule has 2 heterocycles. The Morgan fingerprint density at radius 1 is 1.12 bits per heavy atom. The van der Waals surface area contributed by atoms with Gasteiger partial charge in [-0.25, -0.2) is 0 Å². The average molecular weight is 440 g/mol. The van der Waals surface area contributed by atoms with Crippen LogP contribution in [0.5, 0.6) is 5.75 Å². The fourth-order valence-corrected chi connectivity index (χ4v) is 3.54. The summed E-state index contributed by atoms with van der Waals surface area (Å²) in [6, 6.07) is 10.0. The predicted octanol–water partition coefficient (Wildman–Crippen LogP) is 2.54. The molecule has 1 aromatic heterocycles. The van der Waals surface area contributed by atoms with Crippen LogP contribution >= 0.6 is 0 Å². The highest BCUT2D eigenvalue weighted by atomic mass is 16.5. The first-order valence-corrected chi connectivity index (χ1v) is 10.6. The average Bonchev–Trinajstić information content (AvgIpc) is 3.24. The molecule has 1 aromatic carbocycles. The Kier molecular flexibility index (Phi) is 7.70. The zero-order valence-electron chi connectivity index (χ0n) is 18.6. The second-order valence-corrected chi connectivity index (χ2v) is 7.82. The lowest BCUT2D eigenvalue weighted by Gasteiger charge is -2.33. The lowest BCUT2D eigenvalue weighted by Crippen LogP contribution is -2.52. The first-order valence-electron chi connectivity index (χ1n) is 10.6. The Morgan fingerprint density at radius 2 is 1.81 bits per heavy atom. The van der Waals surface area contributed by atoms with Gasteiger partial charge in [0.05, 0.1) is 7.11 Å². The van der Waals surface area contributed by atoms with Gasteiger partial charge in [-0.1, -0.05) is 12.1 Å². The third-order valence-electron chi connectivity index (χ3n) is 5.38. The molecule has 1 aliphatic heterocycles. The largest absolute Gasteiger partial charge is 0.497 e. The quantitative estimate of drug-likeness (QED) is 0.646. The highest BCUT2D eigenvalue weighted by Gasteiger charge is 2.27. The molecule has 0 bridgehead atoms. The molecular formula is C24H29N3O5. The van der Waals surface area contributed by atoms with Gasteiger partial charge < -0.3 is 24.7 Å². The summed E-state index contributed by atoms with van der Waals surface area (Å²) in [6.45, 7) is 4.50. The molecule has 0 saturated carbocycles. The number of amides is 3. The van der Waals surface area contributed by atoms with E-state index >= 15 is 0 Å². The zero-order chi connectivity index (χ0) is 23.1. The van der Waals surface area contributed by atoms with Crippen LogP contribution < -0.4 is 15.4 Å². The van der Waals surface area contributed by atoms with Gasteiger partial charge in [0.2, 0.25) is 11.8 Å². The lowest BCUT2D eigenvalue weighted by molar-refractivity contribution is -0.136. The van der Waals surface area contributed by atoms with E-state index in [9.17, 15) is 14.4 Å². The van der Waals surface area contributed by atoms with E-state index in [0.717, 1.165) is 11.3 Å². The van der Waals surface area contributed by atoms with Crippen molar-refractivity contribution >= 4 is 23.8 Å². The van der Waals surface area contributed by atoms with Gasteiger partial charge in [0, 0.05) is 25.2 Å². The Balaban J connectivity index is 1.43. The summed E-state index contributed by atoms with van der Waals surface area (Å²) >= 11 is 0. The molecule has 2 aromatic rings. The highest BCUT2D eigenvalue weighted by Crippen LogP contribution is 2.14. The third kappa shape index (κ3) is 6.23. The minimum absolute atomic E-state index is 0.0192. The number of carbonyl (C=O) groups is 3. The van der Waals surface area contributed by atoms with Gasteiger partial charge in [-0.3, -0.25) is 14.4 Å². The van der Waals surface area contributed by atoms with Crippen LogP contribution in [0, 0.1) is 6.92 Å². The molecule has 1 saturated heterocycles. The second-order valence-electron chi connectivity index (χ2n) is 7.82. The molecule has 3 rings (SSSR count). The van der Waals surface area contributed by atoms with Crippen molar-refractivity contribution in [3.63, 3.8) is 0 Å². The molecule has 3 amide bonds. The van der Waals surface area contributed by atoms with Crippen LogP contribution in [0.25, 0.3) is 6.08 Å². The molecule has 0 radical (unpaired) electrons. The van der Waals surface area contributed by atoms with Crippen LogP contribution in [-0.2, 0) is 9.59 Å². The number of carbonyl (C=O) groups excluding carboxylic acids is 3. The molecule has 8 heteroatoms. The molecule has 1 atom stereocenters. The van der Waals surface area contributed by atoms with Gasteiger partial charge in [-0.15, -0.1) is 0 Å². The first kappa shape index (κ1) is 23.1. The molecule has 2 N–H and O–H groups in total. The standard InChI is InChI=1S/C24H29N3O5/c1-16-4-10-21(32-16)23(29)26-19-12-14-27(15-13-19)24(30)17(2)25-22(28)11-7-18-5-8-20(31-3)9-6-18/h4-11,17,19H,12-15H2,1-3H3,(H,25,28)(H,26,29)/b11-7+. The van der Waals surface area contributed by atoms with Crippen LogP contribution in [0.2, 0.25) is 0 Å². The Labute approximate surface area is 187 Å². The number of likely N-dealkylation sites (tertiary alicyclic amines) is 1. The lowest BCUT2D eigenvalue weighted by atomic mass is 10.0. The molecular weight excluding hydrogens is 410 g/mol. The number of hydrogen-bond acceptors (Lipinski definition) is 5. The van der Waals surface area contributed by atoms with Gasteiger partial charge >= 0.3 is 0 Å². The second kappa shape index (κ2) is 10.7. The van der Waals surface area contributed by atoms with Crippen molar-refractivity contribution in [1.29, 1.82) is 0 Å². The van der Waals surface area contributed by atoms with E-state index in [-0.39, 0.29) is 23.8 Å². The van der Waals surface area contributed by atoms with E-state index in [0.29, 0.717) is 37.5 Å². The monoisotopic (exact) mass is 439 g/mol. The fourth-order valence-electron chi connectivity index (χ4n) is 3.54. The van der Waals surface area contributed by atoms with Crippen molar-refractivity contribution in [3.05, 3.63) is 59.6 Å². The van der Waals surface area contributed by atoms with Gasteiger partial charge in [-0.2, -0.15) is 0 Å². The van der Waals surface area contributed by atoms with Crippen molar-refractivity contribution in [3.8, 4) is 5.75 Å². The van der Waals surface area contributed by atoms with Crippen LogP contribution in [0.4, 0.5) is 0 Å². The topological polar surface area (TPSA) is 101 Å². The fraction of sp³-hybridized carbons (Fsp3) is 0.375. The Hall–Kier alpha value is -3.55. The molecule has 0 spiro atoms. The minimum atomic E-state index is -0.639. The van der Waals surface area contributed by atoms with E-state index in [4.69, 9.17) is 9.15 Å². The van der Waals surface area contributed by atoms with Crippen LogP contribution in [-0.4, -0.2) is 54.9 Å². The van der Waals surface area contributed by atoms with Gasteiger partial charge in [-0.05, 0) is 62.6 Å². The highest BCUT2D eigenvalue weighted by molar-refractivity contribution is 5.95. The summed E-state index contributed by atoms with van der Waals surface area (Å²) in [5.74, 6) is 1.00. The van der Waals surface area contributed by atoms with Gasteiger partial charge in [0.1, 0.15) is 17.6 Å². The number of piperidine rings is 1. The number of ether oxygens (including phenoxy) is 1. The van der Waals surface area contributed by atoms with Crippen molar-refractivity contribution in [2.45, 2.75) is 38.8 Å². The molecule has 0 aliphatic carbocycles. The van der Waals surface area contributed by atoms with Crippen LogP contribution in [0.15, 0.2) is 46.9 Å². The van der Waals surface area contributed by atoms with Crippen molar-refractivity contribution in [1.82, 2.24) is 15.5 Å². The van der Waals surface area contributed by atoms with Crippen molar-refractivity contribution in [2.24, 2.45) is 0 Å². The SMILES string of the molecule is COc1ccc(/C=C/C(=O)NC(C)C(=O)N2CCC(NC(=O)c3ccc(C)o3)CC2)cc1. The van der Waals surface area contributed by atoms with Gasteiger partial charge in [0.15, 0.2) is 5.76 Å². The van der Waals surface area contributed by atoms with Crippen LogP contribution in [0.3, 0.4) is 0 Å². The summed E-state index contributed by atoms with van der Waals surface area (Å²) in [5.41, 5.74) is 0.855. The summed E-state index contributed by atoms with van der Waals surface area (Å²) in [6.07, 6.45) is 4.38. The Morgan fingerprint density at radius 3 is 2.41 bits per heavy atom. The first-order chi connectivity index (χ1) is 15.4. The predicted molar refractivity (Wildman–Crippen MR) is 120 cm³/mol. The maximum Gasteiger partial charge on any atom is 0.287 e. The summed E-state index contributed by atoms with van der Waals surface area (Å²) in [5, 5.41) is 5.66. The van der Waals surface area contributed by atoms with E-state index in [1.165, 1.54) is 6.08 Å². The third-order valence-corrected chi connectivity index (χ3v) is 5.38. The van der Waals surface area contributed by atoms with E-state index in [1.54, 1.807) is 44.1 Å². The molecule has 1 fully saturated rings. The number of rotatable bonds is 7. The molecule has 32 heavy (non-hydrogen) atoms. The van der Waals surface area contributed by atoms with Crippen molar-refractivity contribution in [2.75, 3.05) is 20.2 Å². The van der Waals surface area contributed by atoms with E-state index in [2.05, 4.69) is 10.6 Å². The van der Waals surface area contributed by atoms with Crippen molar-refractivity contribution < 1.29 is 23.5 Å². The van der Waals surface area contributed by atoms with Gasteiger partial charge in [0.25, 0.3) is 5.91 Å². The molecule has 1 unspecified atom stereocenters. The number of methoxy groups -OCH3 is 1. The normalized spacial score (nSPS) is 15.4. The number of hydrogen-bond donors (Lipinski definition) is 2. The molecule has 8 nitrogen and oxygen atoms in total. The molecule has 170 valence electrons. The number of benzene rings is 1.